The first kappa shape index (κ1) is 76.1. The highest BCUT2D eigenvalue weighted by molar-refractivity contribution is 5.74. The van der Waals surface area contributed by atoms with Gasteiger partial charge in [0.1, 0.15) is 75.7 Å². The van der Waals surface area contributed by atoms with Gasteiger partial charge in [0.15, 0.2) is 73.8 Å². The topological polar surface area (TPSA) is 453 Å². The molecule has 506 valence electrons. The van der Waals surface area contributed by atoms with Gasteiger partial charge in [-0.2, -0.15) is 0 Å². The molecule has 1 amide bonds. The first-order chi connectivity index (χ1) is 42.0. The number of amides is 1. The predicted octanol–water partition coefficient (Wildman–Crippen LogP) is -1.98. The second-order valence-electron chi connectivity index (χ2n) is 20.0. The molecule has 1 N–H and O–H groups in total. The minimum atomic E-state index is -2.35. The fourth-order valence-electron chi connectivity index (χ4n) is 9.27. The van der Waals surface area contributed by atoms with Crippen LogP contribution in [0.5, 0.6) is 0 Å². The number of carbonyl (C=O) groups is 15. The molecule has 0 aromatic carbocycles. The summed E-state index contributed by atoms with van der Waals surface area (Å²) in [6.45, 7) is 9.30. The zero-order chi connectivity index (χ0) is 68.0. The van der Waals surface area contributed by atoms with Gasteiger partial charge in [0.25, 0.3) is 0 Å². The highest BCUT2D eigenvalue weighted by Crippen LogP contribution is 2.39. The summed E-state index contributed by atoms with van der Waals surface area (Å²) >= 11 is 0. The van der Waals surface area contributed by atoms with Crippen molar-refractivity contribution in [1.29, 1.82) is 0 Å². The minimum Gasteiger partial charge on any atom is -0.463 e. The van der Waals surface area contributed by atoms with E-state index >= 15 is 0 Å². The molecule has 0 aromatic rings. The van der Waals surface area contributed by atoms with Gasteiger partial charge in [0, 0.05) is 104 Å². The Labute approximate surface area is 513 Å². The largest absolute Gasteiger partial charge is 0.463 e. The van der Waals surface area contributed by atoms with E-state index in [4.69, 9.17) is 94.7 Å². The lowest BCUT2D eigenvalue weighted by molar-refractivity contribution is -0.373. The average molecular weight is 1300 g/mol. The predicted molar refractivity (Wildman–Crippen MR) is 281 cm³/mol. The van der Waals surface area contributed by atoms with E-state index in [0.717, 1.165) is 104 Å². The van der Waals surface area contributed by atoms with E-state index < -0.39 is 239 Å². The van der Waals surface area contributed by atoms with Crippen molar-refractivity contribution in [2.24, 2.45) is 0 Å². The van der Waals surface area contributed by atoms with Crippen LogP contribution in [0.2, 0.25) is 0 Å². The average Bonchev–Trinajstić information content (AvgIpc) is 0.775. The van der Waals surface area contributed by atoms with Crippen LogP contribution in [-0.4, -0.2) is 239 Å². The molecule has 0 spiro atoms. The molecular weight excluding hydrogens is 1220 g/mol. The van der Waals surface area contributed by atoms with Crippen LogP contribution in [0.1, 0.15) is 104 Å². The maximum absolute atomic E-state index is 13.5. The maximum atomic E-state index is 13.5. The van der Waals surface area contributed by atoms with Crippen LogP contribution in [-0.2, 0) is 167 Å². The van der Waals surface area contributed by atoms with E-state index in [9.17, 15) is 71.9 Å². The summed E-state index contributed by atoms with van der Waals surface area (Å²) in [4.78, 5) is 192. The quantitative estimate of drug-likeness (QED) is 0.0626. The first-order valence-electron chi connectivity index (χ1n) is 27.4. The van der Waals surface area contributed by atoms with Crippen molar-refractivity contribution in [2.45, 2.75) is 220 Å². The van der Waals surface area contributed by atoms with E-state index in [0.29, 0.717) is 0 Å². The molecule has 3 aliphatic rings. The fraction of sp³-hybridized carbons (Fsp3) is 0.722. The number of nitrogens with one attached hydrogen (secondary N) is 1. The van der Waals surface area contributed by atoms with Crippen LogP contribution in [0.25, 0.3) is 0 Å². The lowest BCUT2D eigenvalue weighted by atomic mass is 9.93. The maximum Gasteiger partial charge on any atom is 0.303 e. The number of carbonyl (C=O) groups excluding carboxylic acids is 15. The molecule has 0 aliphatic carbocycles. The molecule has 36 nitrogen and oxygen atoms in total. The molecule has 19 atom stereocenters. The summed E-state index contributed by atoms with van der Waals surface area (Å²) in [5.41, 5.74) is 0. The molecule has 3 heterocycles. The van der Waals surface area contributed by atoms with Crippen molar-refractivity contribution in [3.8, 4) is 0 Å². The lowest BCUT2D eigenvalue weighted by Gasteiger charge is -2.51. The summed E-state index contributed by atoms with van der Waals surface area (Å²) in [5.74, 6) is -15.9. The van der Waals surface area contributed by atoms with Gasteiger partial charge in [0.2, 0.25) is 5.91 Å². The van der Waals surface area contributed by atoms with Crippen LogP contribution in [0.15, 0.2) is 0 Å². The van der Waals surface area contributed by atoms with Crippen LogP contribution in [0.3, 0.4) is 0 Å². The second-order valence-corrected chi connectivity index (χ2v) is 20.0. The van der Waals surface area contributed by atoms with E-state index in [1.165, 1.54) is 0 Å². The number of esters is 14. The molecule has 3 aliphatic heterocycles. The molecule has 0 saturated carbocycles. The molecule has 0 aromatic heterocycles. The zero-order valence-electron chi connectivity index (χ0n) is 51.8. The fourth-order valence-corrected chi connectivity index (χ4v) is 9.27. The Bertz CT molecular complexity index is 2610. The Morgan fingerprint density at radius 2 is 0.633 bits per heavy atom. The summed E-state index contributed by atoms with van der Waals surface area (Å²) in [7, 11) is 0. The highest BCUT2D eigenvalue weighted by Gasteiger charge is 2.60. The Hall–Kier alpha value is -8.19. The highest BCUT2D eigenvalue weighted by atomic mass is 16.8. The minimum absolute atomic E-state index is 0.766. The van der Waals surface area contributed by atoms with E-state index in [-0.39, 0.29) is 0 Å². The number of hydrogen-bond acceptors (Lipinski definition) is 35. The summed E-state index contributed by atoms with van der Waals surface area (Å²) in [6, 6.07) is -1.98. The van der Waals surface area contributed by atoms with Gasteiger partial charge >= 0.3 is 83.6 Å². The second kappa shape index (κ2) is 35.9. The molecular formula is C54H75NO35. The van der Waals surface area contributed by atoms with Gasteiger partial charge in [-0.1, -0.05) is 0 Å². The van der Waals surface area contributed by atoms with Crippen LogP contribution < -0.4 is 5.32 Å². The third-order valence-electron chi connectivity index (χ3n) is 12.1. The van der Waals surface area contributed by atoms with Gasteiger partial charge in [-0.25, -0.2) is 0 Å². The molecule has 0 radical (unpaired) electrons. The molecule has 0 bridgehead atoms. The number of rotatable bonds is 29. The third kappa shape index (κ3) is 25.0. The number of ether oxygens (including phenoxy) is 20. The van der Waals surface area contributed by atoms with Crippen LogP contribution in [0.4, 0.5) is 0 Å². The normalized spacial score (nSPS) is 27.4. The monoisotopic (exact) mass is 1300 g/mol. The van der Waals surface area contributed by atoms with E-state index in [1.54, 1.807) is 0 Å². The first-order valence-corrected chi connectivity index (χ1v) is 27.4. The van der Waals surface area contributed by atoms with Crippen LogP contribution >= 0.6 is 0 Å². The SMILES string of the molecule is CC(=O)N[C@H]1C(OC(C)=O)[C@@H](O[C@@H]2OC(COC(C)=O)[C@H](OC(C)=O)C(OC(C)=O)[C@@H]2OC(C)=O)C(COC(C)=O)O[C@H]1O[C@H]1C(OC(C)=O)[C@@H](O[C@@H]([C@H](OC(C)=O)[C@H](COC(C)=O)OC(C)=O)[C@@H](COC(C)=O)OC(C)=O)OC(COC(C)=O)[C@H]1OC(C)=O. The van der Waals surface area contributed by atoms with E-state index in [2.05, 4.69) is 5.32 Å². The molecule has 90 heavy (non-hydrogen) atoms. The Balaban J connectivity index is 2.54. The Morgan fingerprint density at radius 1 is 0.311 bits per heavy atom. The van der Waals surface area contributed by atoms with Crippen molar-refractivity contribution < 1.29 is 167 Å². The lowest BCUT2D eigenvalue weighted by Crippen LogP contribution is -2.71. The number of hydrogen-bond donors (Lipinski definition) is 1. The molecule has 3 fully saturated rings. The standard InChI is InChI=1S/C54H75NO35/c1-21(56)55-41-47(81-32(12)67)44(89-53-50(83-34(14)69)48(82-33(13)68)45(79-30(10)65)39(86-53)19-74-25(5)60)38(18-73-24(4)59)85-52(41)90-49-46(80-31(11)66)40(20-75-26(6)61)87-54(51(49)84-35(15)70)88-43(37(77-28(8)63)17-72-23(3)58)42(78-29(9)64)36(76-27(7)62)16-71-22(2)57/h36-54H,16-20H2,1-15H3,(H,55,56)/t36-,37+,38?,39?,40?,41-,42+,43+,44-,45-,46+,47?,48?,49+,50-,51?,52-,53-,54+/m0/s1. The van der Waals surface area contributed by atoms with Crippen molar-refractivity contribution in [3.05, 3.63) is 0 Å². The van der Waals surface area contributed by atoms with Gasteiger partial charge in [0.05, 0.1) is 0 Å². The van der Waals surface area contributed by atoms with Gasteiger partial charge in [-0.3, -0.25) is 71.9 Å². The smallest absolute Gasteiger partial charge is 0.303 e. The van der Waals surface area contributed by atoms with Crippen molar-refractivity contribution in [2.75, 3.05) is 33.0 Å². The van der Waals surface area contributed by atoms with E-state index in [1.807, 2.05) is 0 Å². The summed E-state index contributed by atoms with van der Waals surface area (Å²) in [6.07, 6.45) is -36.5. The molecule has 3 saturated heterocycles. The summed E-state index contributed by atoms with van der Waals surface area (Å²) in [5, 5.41) is 2.49. The van der Waals surface area contributed by atoms with Crippen molar-refractivity contribution in [1.82, 2.24) is 5.32 Å². The molecule has 3 rings (SSSR count). The summed E-state index contributed by atoms with van der Waals surface area (Å²) < 4.78 is 115. The van der Waals surface area contributed by atoms with Gasteiger partial charge in [-0.15, -0.1) is 0 Å². The van der Waals surface area contributed by atoms with Crippen LogP contribution in [0, 0.1) is 0 Å². The molecule has 36 heteroatoms. The van der Waals surface area contributed by atoms with Crippen molar-refractivity contribution in [3.63, 3.8) is 0 Å². The molecule has 6 unspecified atom stereocenters. The van der Waals surface area contributed by atoms with Gasteiger partial charge < -0.3 is 100 Å². The van der Waals surface area contributed by atoms with Gasteiger partial charge in [-0.05, 0) is 0 Å². The third-order valence-corrected chi connectivity index (χ3v) is 12.1. The Kier molecular flexibility index (Phi) is 30.3. The van der Waals surface area contributed by atoms with Crippen molar-refractivity contribution >= 4 is 89.5 Å². The Morgan fingerprint density at radius 3 is 1.02 bits per heavy atom. The zero-order valence-corrected chi connectivity index (χ0v) is 51.8.